The number of hydrogen-bond acceptors (Lipinski definition) is 3. The number of aromatic nitrogens is 1. The van der Waals surface area contributed by atoms with Crippen LogP contribution in [0.3, 0.4) is 0 Å². The first-order valence-electron chi connectivity index (χ1n) is 7.05. The second-order valence-corrected chi connectivity index (χ2v) is 5.90. The maximum atomic E-state index is 11.5. The summed E-state index contributed by atoms with van der Waals surface area (Å²) in [6, 6.07) is 4.22. The first-order valence-corrected chi connectivity index (χ1v) is 7.05. The van der Waals surface area contributed by atoms with Crippen LogP contribution in [-0.4, -0.2) is 22.1 Å². The smallest absolute Gasteiger partial charge is 0.308 e. The standard InChI is InChI=1S/C15H20N2O2/c1-9(12-3-2-6-16-8-12)17-14-11-5-4-10(7-11)13(14)15(18)19/h2-3,6,8-11,13-14,17H,4-5,7H2,1H3,(H,18,19). The average Bonchev–Trinajstić information content (AvgIpc) is 3.00. The minimum absolute atomic E-state index is 0.117. The topological polar surface area (TPSA) is 62.2 Å². The zero-order valence-electron chi connectivity index (χ0n) is 11.1. The predicted octanol–water partition coefficient (Wildman–Crippen LogP) is 2.23. The zero-order valence-corrected chi connectivity index (χ0v) is 11.1. The van der Waals surface area contributed by atoms with Gasteiger partial charge in [0.25, 0.3) is 0 Å². The Morgan fingerprint density at radius 1 is 1.47 bits per heavy atom. The highest BCUT2D eigenvalue weighted by Crippen LogP contribution is 2.49. The minimum atomic E-state index is -0.636. The summed E-state index contributed by atoms with van der Waals surface area (Å²) in [6.45, 7) is 2.09. The maximum Gasteiger partial charge on any atom is 0.308 e. The van der Waals surface area contributed by atoms with Crippen molar-refractivity contribution in [1.29, 1.82) is 0 Å². The SMILES string of the molecule is CC(NC1C2CCC(C2)C1C(=O)O)c1cccnc1. The van der Waals surface area contributed by atoms with Gasteiger partial charge in [-0.3, -0.25) is 9.78 Å². The number of nitrogens with one attached hydrogen (secondary N) is 1. The normalized spacial score (nSPS) is 34.4. The van der Waals surface area contributed by atoms with Crippen molar-refractivity contribution in [2.75, 3.05) is 0 Å². The number of pyridine rings is 1. The van der Waals surface area contributed by atoms with Gasteiger partial charge in [-0.25, -0.2) is 0 Å². The van der Waals surface area contributed by atoms with Gasteiger partial charge in [-0.15, -0.1) is 0 Å². The molecule has 0 amide bonds. The molecule has 0 radical (unpaired) electrons. The molecule has 4 nitrogen and oxygen atoms in total. The van der Waals surface area contributed by atoms with Crippen molar-refractivity contribution in [2.45, 2.75) is 38.3 Å². The first-order chi connectivity index (χ1) is 9.16. The Bertz CT molecular complexity index is 462. The second-order valence-electron chi connectivity index (χ2n) is 5.90. The highest BCUT2D eigenvalue weighted by atomic mass is 16.4. The van der Waals surface area contributed by atoms with Crippen molar-refractivity contribution in [3.8, 4) is 0 Å². The van der Waals surface area contributed by atoms with E-state index in [1.165, 1.54) is 6.42 Å². The van der Waals surface area contributed by atoms with Gasteiger partial charge in [-0.1, -0.05) is 6.07 Å². The van der Waals surface area contributed by atoms with Crippen LogP contribution in [0.25, 0.3) is 0 Å². The molecule has 2 N–H and O–H groups in total. The Morgan fingerprint density at radius 2 is 2.26 bits per heavy atom. The van der Waals surface area contributed by atoms with Crippen LogP contribution in [0, 0.1) is 17.8 Å². The van der Waals surface area contributed by atoms with Crippen LogP contribution < -0.4 is 5.32 Å². The van der Waals surface area contributed by atoms with Crippen LogP contribution in [-0.2, 0) is 4.79 Å². The molecule has 4 heteroatoms. The molecule has 1 aromatic heterocycles. The van der Waals surface area contributed by atoms with E-state index in [4.69, 9.17) is 0 Å². The van der Waals surface area contributed by atoms with Crippen LogP contribution in [0.5, 0.6) is 0 Å². The fourth-order valence-corrected chi connectivity index (χ4v) is 3.90. The van der Waals surface area contributed by atoms with Gasteiger partial charge in [0.15, 0.2) is 0 Å². The first kappa shape index (κ1) is 12.6. The van der Waals surface area contributed by atoms with E-state index in [1.807, 2.05) is 18.3 Å². The van der Waals surface area contributed by atoms with Crippen molar-refractivity contribution in [2.24, 2.45) is 17.8 Å². The van der Waals surface area contributed by atoms with Crippen LogP contribution in [0.4, 0.5) is 0 Å². The van der Waals surface area contributed by atoms with Gasteiger partial charge >= 0.3 is 5.97 Å². The molecule has 3 rings (SSSR count). The molecule has 19 heavy (non-hydrogen) atoms. The molecular formula is C15H20N2O2. The van der Waals surface area contributed by atoms with E-state index >= 15 is 0 Å². The number of rotatable bonds is 4. The number of fused-ring (bicyclic) bond motifs is 2. The third-order valence-corrected chi connectivity index (χ3v) is 4.83. The summed E-state index contributed by atoms with van der Waals surface area (Å²) in [5.41, 5.74) is 1.12. The number of carboxylic acids is 1. The van der Waals surface area contributed by atoms with Crippen molar-refractivity contribution >= 4 is 5.97 Å². The van der Waals surface area contributed by atoms with Crippen molar-refractivity contribution in [3.63, 3.8) is 0 Å². The summed E-state index contributed by atoms with van der Waals surface area (Å²) >= 11 is 0. The zero-order chi connectivity index (χ0) is 13.4. The fourth-order valence-electron chi connectivity index (χ4n) is 3.90. The molecule has 2 aliphatic rings. The third kappa shape index (κ3) is 2.25. The van der Waals surface area contributed by atoms with E-state index in [0.29, 0.717) is 11.8 Å². The van der Waals surface area contributed by atoms with Crippen LogP contribution in [0.1, 0.15) is 37.8 Å². The molecule has 1 aromatic rings. The lowest BCUT2D eigenvalue weighted by molar-refractivity contribution is -0.144. The monoisotopic (exact) mass is 260 g/mol. The molecule has 2 aliphatic carbocycles. The van der Waals surface area contributed by atoms with Gasteiger partial charge in [-0.05, 0) is 49.7 Å². The lowest BCUT2D eigenvalue weighted by atomic mass is 9.84. The van der Waals surface area contributed by atoms with E-state index in [-0.39, 0.29) is 18.0 Å². The van der Waals surface area contributed by atoms with Crippen molar-refractivity contribution in [3.05, 3.63) is 30.1 Å². The molecule has 102 valence electrons. The highest BCUT2D eigenvalue weighted by molar-refractivity contribution is 5.72. The molecule has 5 atom stereocenters. The second kappa shape index (κ2) is 4.93. The van der Waals surface area contributed by atoms with Gasteiger partial charge in [-0.2, -0.15) is 0 Å². The highest BCUT2D eigenvalue weighted by Gasteiger charge is 2.51. The molecular weight excluding hydrogens is 240 g/mol. The van der Waals surface area contributed by atoms with E-state index in [0.717, 1.165) is 18.4 Å². The number of hydrogen-bond donors (Lipinski definition) is 2. The average molecular weight is 260 g/mol. The number of aliphatic carboxylic acids is 1. The summed E-state index contributed by atoms with van der Waals surface area (Å²) in [4.78, 5) is 15.6. The van der Waals surface area contributed by atoms with Crippen LogP contribution >= 0.6 is 0 Å². The number of nitrogens with zero attached hydrogens (tertiary/aromatic N) is 1. The van der Waals surface area contributed by atoms with Gasteiger partial charge < -0.3 is 10.4 Å². The Balaban J connectivity index is 1.73. The minimum Gasteiger partial charge on any atom is -0.481 e. The fraction of sp³-hybridized carbons (Fsp3) is 0.600. The Hall–Kier alpha value is -1.42. The number of carbonyl (C=O) groups is 1. The molecule has 0 aromatic carbocycles. The largest absolute Gasteiger partial charge is 0.481 e. The summed E-state index contributed by atoms with van der Waals surface area (Å²) in [5, 5.41) is 13.0. The van der Waals surface area contributed by atoms with Crippen molar-refractivity contribution in [1.82, 2.24) is 10.3 Å². The van der Waals surface area contributed by atoms with Gasteiger partial charge in [0.05, 0.1) is 5.92 Å². The molecule has 2 saturated carbocycles. The summed E-state index contributed by atoms with van der Waals surface area (Å²) < 4.78 is 0. The molecule has 2 fully saturated rings. The Kier molecular flexibility index (Phi) is 3.27. The van der Waals surface area contributed by atoms with E-state index in [1.54, 1.807) is 6.20 Å². The van der Waals surface area contributed by atoms with Gasteiger partial charge in [0.2, 0.25) is 0 Å². The lowest BCUT2D eigenvalue weighted by Crippen LogP contribution is -2.45. The molecule has 0 aliphatic heterocycles. The lowest BCUT2D eigenvalue weighted by Gasteiger charge is -2.31. The summed E-state index contributed by atoms with van der Waals surface area (Å²) in [7, 11) is 0. The van der Waals surface area contributed by atoms with Gasteiger partial charge in [0.1, 0.15) is 0 Å². The predicted molar refractivity (Wildman–Crippen MR) is 71.5 cm³/mol. The third-order valence-electron chi connectivity index (χ3n) is 4.83. The number of carboxylic acid groups (broad SMARTS) is 1. The summed E-state index contributed by atoms with van der Waals surface area (Å²) in [6.07, 6.45) is 6.94. The maximum absolute atomic E-state index is 11.5. The molecule has 1 heterocycles. The Labute approximate surface area is 113 Å². The van der Waals surface area contributed by atoms with Crippen molar-refractivity contribution < 1.29 is 9.90 Å². The molecule has 0 saturated heterocycles. The van der Waals surface area contributed by atoms with E-state index in [2.05, 4.69) is 17.2 Å². The quantitative estimate of drug-likeness (QED) is 0.871. The Morgan fingerprint density at radius 3 is 2.95 bits per heavy atom. The van der Waals surface area contributed by atoms with E-state index in [9.17, 15) is 9.90 Å². The van der Waals surface area contributed by atoms with E-state index < -0.39 is 5.97 Å². The van der Waals surface area contributed by atoms with Gasteiger partial charge in [0, 0.05) is 24.5 Å². The van der Waals surface area contributed by atoms with Crippen LogP contribution in [0.15, 0.2) is 24.5 Å². The van der Waals surface area contributed by atoms with Crippen LogP contribution in [0.2, 0.25) is 0 Å². The molecule has 5 unspecified atom stereocenters. The molecule has 2 bridgehead atoms. The summed E-state index contributed by atoms with van der Waals surface area (Å²) in [5.74, 6) is 0.0623. The molecule has 0 spiro atoms.